The minimum atomic E-state index is 0.700. The summed E-state index contributed by atoms with van der Waals surface area (Å²) < 4.78 is 0. The van der Waals surface area contributed by atoms with E-state index >= 15 is 0 Å². The zero-order valence-electron chi connectivity index (χ0n) is 8.02. The number of hydrogen-bond donors (Lipinski definition) is 0. The van der Waals surface area contributed by atoms with Crippen molar-refractivity contribution in [2.24, 2.45) is 11.3 Å². The molecule has 1 aliphatic heterocycles. The Kier molecular flexibility index (Phi) is 3.29. The molecule has 1 fully saturated rings. The predicted octanol–water partition coefficient (Wildman–Crippen LogP) is 3.57. The second-order valence-electron chi connectivity index (χ2n) is 3.98. The number of thioether (sulfide) groups is 1. The van der Waals surface area contributed by atoms with Crippen LogP contribution in [0.25, 0.3) is 0 Å². The molecule has 0 amide bonds. The van der Waals surface area contributed by atoms with Crippen LogP contribution in [-0.4, -0.2) is 11.5 Å². The molecule has 0 atom stereocenters. The summed E-state index contributed by atoms with van der Waals surface area (Å²) in [6, 6.07) is 0. The quantitative estimate of drug-likeness (QED) is 0.613. The highest BCUT2D eigenvalue weighted by Gasteiger charge is 2.33. The summed E-state index contributed by atoms with van der Waals surface area (Å²) in [5, 5.41) is 0. The van der Waals surface area contributed by atoms with Gasteiger partial charge in [-0.3, -0.25) is 0 Å². The molecular formula is C10H20S. The van der Waals surface area contributed by atoms with Crippen LogP contribution in [-0.2, 0) is 0 Å². The third-order valence-corrected chi connectivity index (χ3v) is 4.40. The molecule has 1 aliphatic rings. The molecule has 0 aromatic carbocycles. The van der Waals surface area contributed by atoms with Gasteiger partial charge >= 0.3 is 0 Å². The monoisotopic (exact) mass is 172 g/mol. The van der Waals surface area contributed by atoms with E-state index in [2.05, 4.69) is 32.5 Å². The van der Waals surface area contributed by atoms with Crippen molar-refractivity contribution in [1.82, 2.24) is 0 Å². The molecule has 0 nitrogen and oxygen atoms in total. The zero-order valence-corrected chi connectivity index (χ0v) is 8.84. The fraction of sp³-hybridized carbons (Fsp3) is 1.00. The zero-order chi connectivity index (χ0) is 8.32. The minimum Gasteiger partial charge on any atom is -0.162 e. The SMILES string of the molecule is CCC1(C(C)C)CCSCC1. The van der Waals surface area contributed by atoms with Crippen LogP contribution in [0.5, 0.6) is 0 Å². The van der Waals surface area contributed by atoms with E-state index in [4.69, 9.17) is 0 Å². The second-order valence-corrected chi connectivity index (χ2v) is 5.21. The van der Waals surface area contributed by atoms with Gasteiger partial charge in [0.05, 0.1) is 0 Å². The average molecular weight is 172 g/mol. The maximum absolute atomic E-state index is 2.39. The summed E-state index contributed by atoms with van der Waals surface area (Å²) >= 11 is 2.13. The molecule has 1 heterocycles. The van der Waals surface area contributed by atoms with E-state index in [1.807, 2.05) is 0 Å². The Hall–Kier alpha value is 0.350. The van der Waals surface area contributed by atoms with Gasteiger partial charge in [-0.15, -0.1) is 0 Å². The maximum atomic E-state index is 2.39. The molecule has 0 aromatic heterocycles. The lowest BCUT2D eigenvalue weighted by Gasteiger charge is -2.40. The largest absolute Gasteiger partial charge is 0.162 e. The molecule has 0 aromatic rings. The molecule has 11 heavy (non-hydrogen) atoms. The Bertz CT molecular complexity index is 112. The van der Waals surface area contributed by atoms with Gasteiger partial charge in [0.15, 0.2) is 0 Å². The Morgan fingerprint density at radius 1 is 1.27 bits per heavy atom. The minimum absolute atomic E-state index is 0.700. The lowest BCUT2D eigenvalue weighted by molar-refractivity contribution is 0.162. The van der Waals surface area contributed by atoms with Gasteiger partial charge < -0.3 is 0 Å². The van der Waals surface area contributed by atoms with Crippen LogP contribution in [0.4, 0.5) is 0 Å². The second kappa shape index (κ2) is 3.84. The first-order valence-corrected chi connectivity index (χ1v) is 5.94. The van der Waals surface area contributed by atoms with Crippen LogP contribution < -0.4 is 0 Å². The first kappa shape index (κ1) is 9.44. The van der Waals surface area contributed by atoms with Crippen molar-refractivity contribution in [1.29, 1.82) is 0 Å². The van der Waals surface area contributed by atoms with Crippen LogP contribution in [0.1, 0.15) is 40.0 Å². The van der Waals surface area contributed by atoms with Crippen molar-refractivity contribution in [2.45, 2.75) is 40.0 Å². The number of rotatable bonds is 2. The van der Waals surface area contributed by atoms with Crippen LogP contribution in [0.2, 0.25) is 0 Å². The summed E-state index contributed by atoms with van der Waals surface area (Å²) in [4.78, 5) is 0. The summed E-state index contributed by atoms with van der Waals surface area (Å²) in [6.45, 7) is 7.13. The molecule has 0 spiro atoms. The highest BCUT2D eigenvalue weighted by atomic mass is 32.2. The van der Waals surface area contributed by atoms with E-state index in [0.29, 0.717) is 5.41 Å². The van der Waals surface area contributed by atoms with Crippen LogP contribution in [0, 0.1) is 11.3 Å². The van der Waals surface area contributed by atoms with Crippen molar-refractivity contribution in [3.8, 4) is 0 Å². The smallest absolute Gasteiger partial charge is 0.00621 e. The van der Waals surface area contributed by atoms with E-state index in [1.165, 1.54) is 30.8 Å². The van der Waals surface area contributed by atoms with E-state index in [1.54, 1.807) is 0 Å². The maximum Gasteiger partial charge on any atom is -0.00621 e. The van der Waals surface area contributed by atoms with Gasteiger partial charge in [-0.2, -0.15) is 11.8 Å². The van der Waals surface area contributed by atoms with Gasteiger partial charge in [-0.25, -0.2) is 0 Å². The van der Waals surface area contributed by atoms with Gasteiger partial charge in [0.25, 0.3) is 0 Å². The Labute approximate surface area is 75.1 Å². The van der Waals surface area contributed by atoms with Crippen molar-refractivity contribution in [2.75, 3.05) is 11.5 Å². The van der Waals surface area contributed by atoms with Crippen LogP contribution in [0.3, 0.4) is 0 Å². The molecule has 0 aliphatic carbocycles. The lowest BCUT2D eigenvalue weighted by Crippen LogP contribution is -2.30. The van der Waals surface area contributed by atoms with Crippen molar-refractivity contribution in [3.05, 3.63) is 0 Å². The normalized spacial score (nSPS) is 24.0. The fourth-order valence-corrected chi connectivity index (χ4v) is 3.42. The molecule has 0 bridgehead atoms. The van der Waals surface area contributed by atoms with Gasteiger partial charge in [-0.05, 0) is 35.7 Å². The Morgan fingerprint density at radius 3 is 2.09 bits per heavy atom. The highest BCUT2D eigenvalue weighted by molar-refractivity contribution is 7.99. The predicted molar refractivity (Wildman–Crippen MR) is 54.1 cm³/mol. The van der Waals surface area contributed by atoms with Gasteiger partial charge in [0, 0.05) is 0 Å². The topological polar surface area (TPSA) is 0 Å². The molecule has 66 valence electrons. The summed E-state index contributed by atoms with van der Waals surface area (Å²) in [6.07, 6.45) is 4.28. The molecule has 0 saturated carbocycles. The molecule has 0 radical (unpaired) electrons. The molecule has 1 rings (SSSR count). The third kappa shape index (κ3) is 1.93. The van der Waals surface area contributed by atoms with E-state index in [9.17, 15) is 0 Å². The molecule has 0 N–H and O–H groups in total. The molecule has 1 saturated heterocycles. The summed E-state index contributed by atoms with van der Waals surface area (Å²) in [7, 11) is 0. The van der Waals surface area contributed by atoms with E-state index in [-0.39, 0.29) is 0 Å². The summed E-state index contributed by atoms with van der Waals surface area (Å²) in [5.74, 6) is 3.67. The molecular weight excluding hydrogens is 152 g/mol. The van der Waals surface area contributed by atoms with Gasteiger partial charge in [-0.1, -0.05) is 27.2 Å². The average Bonchev–Trinajstić information content (AvgIpc) is 2.05. The van der Waals surface area contributed by atoms with Gasteiger partial charge in [0.2, 0.25) is 0 Å². The number of hydrogen-bond acceptors (Lipinski definition) is 1. The van der Waals surface area contributed by atoms with Gasteiger partial charge in [0.1, 0.15) is 0 Å². The van der Waals surface area contributed by atoms with Crippen molar-refractivity contribution >= 4 is 11.8 Å². The van der Waals surface area contributed by atoms with Crippen molar-refractivity contribution < 1.29 is 0 Å². The first-order valence-electron chi connectivity index (χ1n) is 4.79. The Morgan fingerprint density at radius 2 is 1.82 bits per heavy atom. The highest BCUT2D eigenvalue weighted by Crippen LogP contribution is 2.43. The fourth-order valence-electron chi connectivity index (χ4n) is 2.12. The first-order chi connectivity index (χ1) is 5.21. The van der Waals surface area contributed by atoms with Crippen LogP contribution >= 0.6 is 11.8 Å². The lowest BCUT2D eigenvalue weighted by atomic mass is 9.71. The third-order valence-electron chi connectivity index (χ3n) is 3.42. The van der Waals surface area contributed by atoms with Crippen molar-refractivity contribution in [3.63, 3.8) is 0 Å². The molecule has 1 heteroatoms. The van der Waals surface area contributed by atoms with E-state index < -0.39 is 0 Å². The standard InChI is InChI=1S/C10H20S/c1-4-10(9(2)3)5-7-11-8-6-10/h9H,4-8H2,1-3H3. The molecule has 0 unspecified atom stereocenters. The van der Waals surface area contributed by atoms with E-state index in [0.717, 1.165) is 5.92 Å². The summed E-state index contributed by atoms with van der Waals surface area (Å²) in [5.41, 5.74) is 0.700. The Balaban J connectivity index is 2.57. The van der Waals surface area contributed by atoms with Crippen LogP contribution in [0.15, 0.2) is 0 Å².